The second kappa shape index (κ2) is 5.28. The first kappa shape index (κ1) is 12.6. The molecule has 3 rings (SSSR count). The van der Waals surface area contributed by atoms with Crippen LogP contribution in [0.15, 0.2) is 51.8 Å². The van der Waals surface area contributed by atoms with Crippen molar-refractivity contribution in [2.75, 3.05) is 0 Å². The van der Waals surface area contributed by atoms with Gasteiger partial charge in [-0.2, -0.15) is 0 Å². The molecule has 0 amide bonds. The van der Waals surface area contributed by atoms with E-state index in [1.165, 1.54) is 4.70 Å². The Balaban J connectivity index is 1.84. The molecule has 3 aromatic rings. The molecular weight excluding hydrogens is 274 g/mol. The maximum atomic E-state index is 5.79. The van der Waals surface area contributed by atoms with Crippen molar-refractivity contribution in [2.24, 2.45) is 5.73 Å². The minimum absolute atomic E-state index is 0.0264. The highest BCUT2D eigenvalue weighted by Crippen LogP contribution is 2.33. The van der Waals surface area contributed by atoms with Crippen LogP contribution < -0.4 is 5.73 Å². The average Bonchev–Trinajstić information content (AvgIpc) is 2.81. The summed E-state index contributed by atoms with van der Waals surface area (Å²) in [5.74, 6) is 0. The van der Waals surface area contributed by atoms with E-state index in [-0.39, 0.29) is 6.04 Å². The zero-order valence-electron chi connectivity index (χ0n) is 10.4. The SMILES string of the molecule is C[C@H](N)c1ccc(Sc2nc3ccccc3s2)cn1. The molecule has 1 atom stereocenters. The van der Waals surface area contributed by atoms with Crippen LogP contribution in [0.2, 0.25) is 0 Å². The van der Waals surface area contributed by atoms with Crippen molar-refractivity contribution in [3.8, 4) is 0 Å². The summed E-state index contributed by atoms with van der Waals surface area (Å²) in [5.41, 5.74) is 7.75. The summed E-state index contributed by atoms with van der Waals surface area (Å²) >= 11 is 3.34. The lowest BCUT2D eigenvalue weighted by molar-refractivity contribution is 0.777. The van der Waals surface area contributed by atoms with E-state index in [0.29, 0.717) is 0 Å². The first-order valence-electron chi connectivity index (χ1n) is 5.97. The number of nitrogens with zero attached hydrogens (tertiary/aromatic N) is 2. The first-order chi connectivity index (χ1) is 9.22. The number of pyridine rings is 1. The molecule has 0 saturated carbocycles. The van der Waals surface area contributed by atoms with Crippen molar-refractivity contribution in [3.05, 3.63) is 48.3 Å². The van der Waals surface area contributed by atoms with E-state index < -0.39 is 0 Å². The maximum Gasteiger partial charge on any atom is 0.155 e. The highest BCUT2D eigenvalue weighted by Gasteiger charge is 2.06. The lowest BCUT2D eigenvalue weighted by Crippen LogP contribution is -2.06. The number of hydrogen-bond acceptors (Lipinski definition) is 5. The third kappa shape index (κ3) is 2.78. The van der Waals surface area contributed by atoms with Crippen LogP contribution in [0.1, 0.15) is 18.7 Å². The van der Waals surface area contributed by atoms with Crippen LogP contribution in [0.5, 0.6) is 0 Å². The minimum Gasteiger partial charge on any atom is -0.323 e. The van der Waals surface area contributed by atoms with E-state index in [9.17, 15) is 0 Å². The summed E-state index contributed by atoms with van der Waals surface area (Å²) in [5, 5.41) is 0. The summed E-state index contributed by atoms with van der Waals surface area (Å²) in [6.07, 6.45) is 1.86. The van der Waals surface area contributed by atoms with Crippen LogP contribution in [-0.2, 0) is 0 Å². The van der Waals surface area contributed by atoms with Crippen LogP contribution in [0.4, 0.5) is 0 Å². The number of fused-ring (bicyclic) bond motifs is 1. The van der Waals surface area contributed by atoms with Crippen LogP contribution in [0.25, 0.3) is 10.2 Å². The molecule has 0 spiro atoms. The molecule has 0 aliphatic rings. The van der Waals surface area contributed by atoms with Crippen molar-refractivity contribution >= 4 is 33.3 Å². The Morgan fingerprint density at radius 2 is 2.05 bits per heavy atom. The van der Waals surface area contributed by atoms with Gasteiger partial charge >= 0.3 is 0 Å². The Morgan fingerprint density at radius 1 is 1.21 bits per heavy atom. The van der Waals surface area contributed by atoms with Gasteiger partial charge in [0, 0.05) is 17.1 Å². The van der Waals surface area contributed by atoms with Crippen molar-refractivity contribution in [3.63, 3.8) is 0 Å². The van der Waals surface area contributed by atoms with E-state index in [1.54, 1.807) is 23.1 Å². The molecule has 96 valence electrons. The molecule has 0 unspecified atom stereocenters. The fraction of sp³-hybridized carbons (Fsp3) is 0.143. The molecule has 1 aromatic carbocycles. The highest BCUT2D eigenvalue weighted by molar-refractivity contribution is 8.01. The van der Waals surface area contributed by atoms with Gasteiger partial charge in [-0.25, -0.2) is 4.98 Å². The molecule has 19 heavy (non-hydrogen) atoms. The van der Waals surface area contributed by atoms with Gasteiger partial charge in [-0.05, 0) is 31.2 Å². The summed E-state index contributed by atoms with van der Waals surface area (Å²) in [6.45, 7) is 1.93. The van der Waals surface area contributed by atoms with Gasteiger partial charge in [-0.3, -0.25) is 4.98 Å². The van der Waals surface area contributed by atoms with Crippen LogP contribution in [-0.4, -0.2) is 9.97 Å². The quantitative estimate of drug-likeness (QED) is 0.794. The minimum atomic E-state index is -0.0264. The Hall–Kier alpha value is -1.43. The molecule has 2 aromatic heterocycles. The first-order valence-corrected chi connectivity index (χ1v) is 7.60. The Morgan fingerprint density at radius 3 is 2.74 bits per heavy atom. The van der Waals surface area contributed by atoms with Gasteiger partial charge in [0.25, 0.3) is 0 Å². The molecule has 0 radical (unpaired) electrons. The van der Waals surface area contributed by atoms with Crippen molar-refractivity contribution in [1.82, 2.24) is 9.97 Å². The number of nitrogens with two attached hydrogens (primary N) is 1. The van der Waals surface area contributed by atoms with Gasteiger partial charge < -0.3 is 5.73 Å². The van der Waals surface area contributed by atoms with Crippen LogP contribution >= 0.6 is 23.1 Å². The number of rotatable bonds is 3. The Kier molecular flexibility index (Phi) is 3.50. The fourth-order valence-corrected chi connectivity index (χ4v) is 3.73. The number of para-hydroxylation sites is 1. The number of aromatic nitrogens is 2. The molecule has 0 aliphatic carbocycles. The van der Waals surface area contributed by atoms with Gasteiger partial charge in [0.15, 0.2) is 4.34 Å². The molecular formula is C14H13N3S2. The predicted octanol–water partition coefficient (Wildman–Crippen LogP) is 3.86. The predicted molar refractivity (Wildman–Crippen MR) is 80.6 cm³/mol. The summed E-state index contributed by atoms with van der Waals surface area (Å²) in [7, 11) is 0. The standard InChI is InChI=1S/C14H13N3S2/c1-9(15)11-7-6-10(8-16-11)18-14-17-12-4-2-3-5-13(12)19-14/h2-9H,15H2,1H3/t9-/m0/s1. The number of benzene rings is 1. The monoisotopic (exact) mass is 287 g/mol. The molecule has 3 nitrogen and oxygen atoms in total. The normalized spacial score (nSPS) is 12.7. The highest BCUT2D eigenvalue weighted by atomic mass is 32.2. The smallest absolute Gasteiger partial charge is 0.155 e. The molecule has 5 heteroatoms. The molecule has 0 fully saturated rings. The largest absolute Gasteiger partial charge is 0.323 e. The summed E-state index contributed by atoms with van der Waals surface area (Å²) < 4.78 is 2.25. The summed E-state index contributed by atoms with van der Waals surface area (Å²) in [6, 6.07) is 12.2. The zero-order chi connectivity index (χ0) is 13.2. The molecule has 0 aliphatic heterocycles. The van der Waals surface area contributed by atoms with Crippen molar-refractivity contribution < 1.29 is 0 Å². The van der Waals surface area contributed by atoms with E-state index in [0.717, 1.165) is 20.4 Å². The zero-order valence-corrected chi connectivity index (χ0v) is 12.0. The van der Waals surface area contributed by atoms with Gasteiger partial charge in [-0.15, -0.1) is 11.3 Å². The lowest BCUT2D eigenvalue weighted by atomic mass is 10.2. The van der Waals surface area contributed by atoms with Crippen LogP contribution in [0.3, 0.4) is 0 Å². The van der Waals surface area contributed by atoms with Gasteiger partial charge in [0.2, 0.25) is 0 Å². The van der Waals surface area contributed by atoms with Gasteiger partial charge in [0.1, 0.15) is 0 Å². The molecule has 2 N–H and O–H groups in total. The molecule has 2 heterocycles. The molecule has 0 bridgehead atoms. The second-order valence-corrected chi connectivity index (χ2v) is 6.61. The van der Waals surface area contributed by atoms with E-state index in [2.05, 4.69) is 16.0 Å². The topological polar surface area (TPSA) is 51.8 Å². The lowest BCUT2D eigenvalue weighted by Gasteiger charge is -2.04. The fourth-order valence-electron chi connectivity index (χ4n) is 1.72. The number of thiazole rings is 1. The van der Waals surface area contributed by atoms with Crippen molar-refractivity contribution in [1.29, 1.82) is 0 Å². The van der Waals surface area contributed by atoms with Crippen molar-refractivity contribution in [2.45, 2.75) is 22.2 Å². The number of hydrogen-bond donors (Lipinski definition) is 1. The maximum absolute atomic E-state index is 5.79. The second-order valence-electron chi connectivity index (χ2n) is 4.26. The van der Waals surface area contributed by atoms with E-state index >= 15 is 0 Å². The third-order valence-corrected chi connectivity index (χ3v) is 4.78. The third-order valence-electron chi connectivity index (χ3n) is 2.71. The molecule has 0 saturated heterocycles. The average molecular weight is 287 g/mol. The Bertz CT molecular complexity index is 656. The van der Waals surface area contributed by atoms with E-state index in [4.69, 9.17) is 5.73 Å². The Labute approximate surface area is 119 Å². The van der Waals surface area contributed by atoms with Gasteiger partial charge in [-0.1, -0.05) is 23.9 Å². The van der Waals surface area contributed by atoms with Gasteiger partial charge in [0.05, 0.1) is 15.9 Å². The summed E-state index contributed by atoms with van der Waals surface area (Å²) in [4.78, 5) is 10.0. The van der Waals surface area contributed by atoms with Crippen LogP contribution in [0, 0.1) is 0 Å². The van der Waals surface area contributed by atoms with E-state index in [1.807, 2.05) is 43.5 Å².